The van der Waals surface area contributed by atoms with Crippen LogP contribution in [0.5, 0.6) is 0 Å². The summed E-state index contributed by atoms with van der Waals surface area (Å²) in [5.41, 5.74) is 12.7. The van der Waals surface area contributed by atoms with Gasteiger partial charge >= 0.3 is 0 Å². The molecule has 2 nitrogen and oxygen atoms in total. The first-order valence-electron chi connectivity index (χ1n) is 15.0. The molecule has 44 heavy (non-hydrogen) atoms. The van der Waals surface area contributed by atoms with E-state index in [4.69, 9.17) is 4.42 Å². The van der Waals surface area contributed by atoms with Gasteiger partial charge < -0.3 is 8.98 Å². The quantitative estimate of drug-likeness (QED) is 0.209. The first-order valence-corrected chi connectivity index (χ1v) is 15.0. The minimum Gasteiger partial charge on any atom is -0.456 e. The number of hydrogen-bond acceptors (Lipinski definition) is 1. The third kappa shape index (κ3) is 3.96. The number of benzene rings is 7. The van der Waals surface area contributed by atoms with E-state index in [1.807, 2.05) is 12.1 Å². The van der Waals surface area contributed by atoms with Crippen molar-refractivity contribution < 1.29 is 4.42 Å². The van der Waals surface area contributed by atoms with Crippen LogP contribution in [0.1, 0.15) is 0 Å². The average Bonchev–Trinajstić information content (AvgIpc) is 3.64. The highest BCUT2D eigenvalue weighted by atomic mass is 16.3. The molecule has 0 bridgehead atoms. The fourth-order valence-corrected chi connectivity index (χ4v) is 6.62. The molecule has 0 fully saturated rings. The van der Waals surface area contributed by atoms with Crippen molar-refractivity contribution in [3.05, 3.63) is 164 Å². The lowest BCUT2D eigenvalue weighted by molar-refractivity contribution is 0.669. The van der Waals surface area contributed by atoms with Gasteiger partial charge in [0.25, 0.3) is 0 Å². The fraction of sp³-hybridized carbons (Fsp3) is 0. The second-order valence-electron chi connectivity index (χ2n) is 11.4. The number of para-hydroxylation sites is 2. The van der Waals surface area contributed by atoms with E-state index in [2.05, 4.69) is 156 Å². The summed E-state index contributed by atoms with van der Waals surface area (Å²) in [6.07, 6.45) is 0. The van der Waals surface area contributed by atoms with Gasteiger partial charge in [-0.15, -0.1) is 0 Å². The predicted molar refractivity (Wildman–Crippen MR) is 184 cm³/mol. The van der Waals surface area contributed by atoms with Gasteiger partial charge in [-0.05, 0) is 81.9 Å². The SMILES string of the molecule is c1ccc(-c2ccc(-n3c4ccccc4c4cc(-c5ccc(-c6ccc7oc8ccccc8c7c6)cc5)ccc43)cc2)cc1. The van der Waals surface area contributed by atoms with E-state index in [9.17, 15) is 0 Å². The fourth-order valence-electron chi connectivity index (χ4n) is 6.62. The maximum atomic E-state index is 6.04. The number of fused-ring (bicyclic) bond motifs is 6. The van der Waals surface area contributed by atoms with Crippen molar-refractivity contribution >= 4 is 43.7 Å². The molecule has 7 aromatic carbocycles. The van der Waals surface area contributed by atoms with E-state index in [0.29, 0.717) is 0 Å². The van der Waals surface area contributed by atoms with Crippen molar-refractivity contribution in [2.45, 2.75) is 0 Å². The molecule has 0 saturated carbocycles. The Bertz CT molecular complexity index is 2460. The van der Waals surface area contributed by atoms with Crippen LogP contribution in [0.3, 0.4) is 0 Å². The molecule has 0 aliphatic heterocycles. The Morgan fingerprint density at radius 2 is 0.818 bits per heavy atom. The Morgan fingerprint density at radius 1 is 0.318 bits per heavy atom. The molecule has 2 heterocycles. The smallest absolute Gasteiger partial charge is 0.135 e. The molecule has 0 unspecified atom stereocenters. The van der Waals surface area contributed by atoms with Crippen LogP contribution in [0.4, 0.5) is 0 Å². The highest BCUT2D eigenvalue weighted by Gasteiger charge is 2.14. The summed E-state index contributed by atoms with van der Waals surface area (Å²) >= 11 is 0. The van der Waals surface area contributed by atoms with Crippen molar-refractivity contribution in [3.8, 4) is 39.1 Å². The zero-order valence-electron chi connectivity index (χ0n) is 23.9. The van der Waals surface area contributed by atoms with Crippen LogP contribution in [0, 0.1) is 0 Å². The minimum absolute atomic E-state index is 0.922. The molecule has 206 valence electrons. The largest absolute Gasteiger partial charge is 0.456 e. The second-order valence-corrected chi connectivity index (χ2v) is 11.4. The summed E-state index contributed by atoms with van der Waals surface area (Å²) in [6.45, 7) is 0. The molecule has 0 spiro atoms. The number of furan rings is 1. The first-order chi connectivity index (χ1) is 21.8. The van der Waals surface area contributed by atoms with Crippen molar-refractivity contribution in [1.82, 2.24) is 4.57 Å². The Morgan fingerprint density at radius 3 is 1.59 bits per heavy atom. The molecule has 0 aliphatic rings. The summed E-state index contributed by atoms with van der Waals surface area (Å²) in [4.78, 5) is 0. The minimum atomic E-state index is 0.922. The van der Waals surface area contributed by atoms with Gasteiger partial charge in [0.05, 0.1) is 11.0 Å². The molecule has 0 atom stereocenters. The van der Waals surface area contributed by atoms with Gasteiger partial charge in [-0.3, -0.25) is 0 Å². The van der Waals surface area contributed by atoms with Crippen molar-refractivity contribution in [2.75, 3.05) is 0 Å². The summed E-state index contributed by atoms with van der Waals surface area (Å²) in [6, 6.07) is 58.6. The van der Waals surface area contributed by atoms with E-state index >= 15 is 0 Å². The predicted octanol–water partition coefficient (Wildman–Crippen LogP) is 11.7. The molecule has 9 aromatic rings. The van der Waals surface area contributed by atoms with Gasteiger partial charge in [-0.25, -0.2) is 0 Å². The summed E-state index contributed by atoms with van der Waals surface area (Å²) in [5.74, 6) is 0. The van der Waals surface area contributed by atoms with Crippen LogP contribution in [0.15, 0.2) is 168 Å². The van der Waals surface area contributed by atoms with Gasteiger partial charge in [0.15, 0.2) is 0 Å². The van der Waals surface area contributed by atoms with E-state index in [1.165, 1.54) is 55.2 Å². The molecule has 2 heteroatoms. The average molecular weight is 562 g/mol. The van der Waals surface area contributed by atoms with Crippen LogP contribution in [-0.2, 0) is 0 Å². The van der Waals surface area contributed by atoms with Crippen molar-refractivity contribution in [3.63, 3.8) is 0 Å². The Hall–Kier alpha value is -5.86. The van der Waals surface area contributed by atoms with E-state index < -0.39 is 0 Å². The van der Waals surface area contributed by atoms with Gasteiger partial charge in [0, 0.05) is 27.2 Å². The van der Waals surface area contributed by atoms with Crippen molar-refractivity contribution in [2.24, 2.45) is 0 Å². The third-order valence-corrected chi connectivity index (χ3v) is 8.83. The molecular formula is C42H27NO. The van der Waals surface area contributed by atoms with Gasteiger partial charge in [-0.1, -0.05) is 115 Å². The lowest BCUT2D eigenvalue weighted by Gasteiger charge is -2.10. The summed E-state index contributed by atoms with van der Waals surface area (Å²) < 4.78 is 8.41. The van der Waals surface area contributed by atoms with E-state index in [1.54, 1.807) is 0 Å². The number of nitrogens with zero attached hydrogens (tertiary/aromatic N) is 1. The van der Waals surface area contributed by atoms with Gasteiger partial charge in [0.1, 0.15) is 11.2 Å². The van der Waals surface area contributed by atoms with Crippen molar-refractivity contribution in [1.29, 1.82) is 0 Å². The van der Waals surface area contributed by atoms with E-state index in [-0.39, 0.29) is 0 Å². The molecule has 0 aliphatic carbocycles. The Balaban J connectivity index is 1.10. The molecule has 0 N–H and O–H groups in total. The molecule has 9 rings (SSSR count). The van der Waals surface area contributed by atoms with Crippen LogP contribution >= 0.6 is 0 Å². The van der Waals surface area contributed by atoms with Gasteiger partial charge in [-0.2, -0.15) is 0 Å². The zero-order valence-corrected chi connectivity index (χ0v) is 23.9. The lowest BCUT2D eigenvalue weighted by Crippen LogP contribution is -1.93. The normalized spacial score (nSPS) is 11.6. The molecule has 2 aromatic heterocycles. The van der Waals surface area contributed by atoms with E-state index in [0.717, 1.165) is 27.6 Å². The highest BCUT2D eigenvalue weighted by molar-refractivity contribution is 6.10. The summed E-state index contributed by atoms with van der Waals surface area (Å²) in [7, 11) is 0. The van der Waals surface area contributed by atoms with Crippen LogP contribution in [-0.4, -0.2) is 4.57 Å². The Kier molecular flexibility index (Phi) is 5.54. The number of aromatic nitrogens is 1. The maximum Gasteiger partial charge on any atom is 0.135 e. The topological polar surface area (TPSA) is 18.1 Å². The number of hydrogen-bond donors (Lipinski definition) is 0. The molecule has 0 amide bonds. The van der Waals surface area contributed by atoms with Crippen LogP contribution < -0.4 is 0 Å². The Labute approximate surface area is 255 Å². The lowest BCUT2D eigenvalue weighted by atomic mass is 9.98. The molecule has 0 radical (unpaired) electrons. The van der Waals surface area contributed by atoms with Crippen LogP contribution in [0.25, 0.3) is 82.8 Å². The molecular weight excluding hydrogens is 534 g/mol. The third-order valence-electron chi connectivity index (χ3n) is 8.83. The first kappa shape index (κ1) is 24.7. The second kappa shape index (κ2) is 9.86. The zero-order chi connectivity index (χ0) is 29.0. The van der Waals surface area contributed by atoms with Crippen LogP contribution in [0.2, 0.25) is 0 Å². The number of rotatable bonds is 4. The summed E-state index contributed by atoms with van der Waals surface area (Å²) in [5, 5.41) is 4.82. The monoisotopic (exact) mass is 561 g/mol. The molecule has 0 saturated heterocycles. The highest BCUT2D eigenvalue weighted by Crippen LogP contribution is 2.37. The standard InChI is InChI=1S/C42H27NO/c1-2-8-28(9-3-1)29-18-22-34(23-19-29)43-39-12-6-4-10-35(39)37-26-32(20-24-40(37)43)30-14-16-31(17-15-30)33-21-25-42-38(27-33)36-11-5-7-13-41(36)44-42/h1-27H. The maximum absolute atomic E-state index is 6.04. The van der Waals surface area contributed by atoms with Gasteiger partial charge in [0.2, 0.25) is 0 Å².